The lowest BCUT2D eigenvalue weighted by molar-refractivity contribution is 0.0318. The lowest BCUT2D eigenvalue weighted by atomic mass is 10.1. The minimum atomic E-state index is -0.482. The molecule has 5 nitrogen and oxygen atoms in total. The van der Waals surface area contributed by atoms with E-state index in [0.29, 0.717) is 5.56 Å². The zero-order valence-electron chi connectivity index (χ0n) is 17.8. The summed E-state index contributed by atoms with van der Waals surface area (Å²) in [6.07, 6.45) is 7.69. The van der Waals surface area contributed by atoms with Crippen molar-refractivity contribution < 1.29 is 24.2 Å². The van der Waals surface area contributed by atoms with Gasteiger partial charge in [-0.2, -0.15) is 0 Å². The number of hydrogen-bond donors (Lipinski definition) is 1. The highest BCUT2D eigenvalue weighted by atomic mass is 16.5. The van der Waals surface area contributed by atoms with Gasteiger partial charge in [-0.05, 0) is 63.3 Å². The Hall–Kier alpha value is -1.88. The largest absolute Gasteiger partial charge is 0.459 e. The van der Waals surface area contributed by atoms with Crippen LogP contribution in [0, 0.1) is 0 Å². The topological polar surface area (TPSA) is 72.8 Å². The second-order valence-electron chi connectivity index (χ2n) is 7.50. The minimum absolute atomic E-state index is 0.189. The highest BCUT2D eigenvalue weighted by Gasteiger charge is 2.18. The summed E-state index contributed by atoms with van der Waals surface area (Å²) in [6.45, 7) is 7.73. The van der Waals surface area contributed by atoms with Gasteiger partial charge >= 0.3 is 11.9 Å². The zero-order chi connectivity index (χ0) is 20.9. The smallest absolute Gasteiger partial charge is 0.338 e. The lowest BCUT2D eigenvalue weighted by Crippen LogP contribution is -2.18. The van der Waals surface area contributed by atoms with Gasteiger partial charge in [-0.25, -0.2) is 9.59 Å². The molecule has 1 aromatic carbocycles. The zero-order valence-corrected chi connectivity index (χ0v) is 17.8. The van der Waals surface area contributed by atoms with Gasteiger partial charge in [0.1, 0.15) is 0 Å². The molecule has 1 N–H and O–H groups in total. The first-order valence-corrected chi connectivity index (χ1v) is 10.6. The third kappa shape index (κ3) is 8.87. The molecule has 0 aliphatic heterocycles. The highest BCUT2D eigenvalue weighted by Crippen LogP contribution is 2.17. The molecule has 0 fully saturated rings. The molecule has 0 aliphatic carbocycles. The summed E-state index contributed by atoms with van der Waals surface area (Å²) in [7, 11) is 0. The van der Waals surface area contributed by atoms with Crippen molar-refractivity contribution in [1.82, 2.24) is 0 Å². The van der Waals surface area contributed by atoms with Gasteiger partial charge in [0.05, 0.1) is 29.9 Å². The number of unbranched alkanes of at least 4 members (excludes halogenated alkanes) is 4. The van der Waals surface area contributed by atoms with E-state index in [4.69, 9.17) is 9.47 Å². The lowest BCUT2D eigenvalue weighted by Gasteiger charge is -2.15. The van der Waals surface area contributed by atoms with Gasteiger partial charge in [0.25, 0.3) is 0 Å². The van der Waals surface area contributed by atoms with Crippen molar-refractivity contribution in [3.05, 3.63) is 34.9 Å². The number of aliphatic hydroxyl groups is 1. The maximum absolute atomic E-state index is 12.5. The molecule has 2 atom stereocenters. The third-order valence-corrected chi connectivity index (χ3v) is 4.69. The first kappa shape index (κ1) is 24.2. The van der Waals surface area contributed by atoms with E-state index in [2.05, 4.69) is 13.8 Å². The number of carbonyl (C=O) groups is 2. The van der Waals surface area contributed by atoms with Gasteiger partial charge in [-0.15, -0.1) is 0 Å². The molecule has 158 valence electrons. The number of rotatable bonds is 13. The average Bonchev–Trinajstić information content (AvgIpc) is 2.67. The molecule has 0 heterocycles. The summed E-state index contributed by atoms with van der Waals surface area (Å²) in [5, 5.41) is 9.50. The van der Waals surface area contributed by atoms with Crippen molar-refractivity contribution in [2.45, 2.75) is 97.9 Å². The van der Waals surface area contributed by atoms with Gasteiger partial charge < -0.3 is 14.6 Å². The van der Waals surface area contributed by atoms with Crippen LogP contribution in [0.25, 0.3) is 0 Å². The van der Waals surface area contributed by atoms with Crippen LogP contribution in [-0.2, 0) is 16.1 Å². The van der Waals surface area contributed by atoms with Crippen LogP contribution in [0.15, 0.2) is 18.2 Å². The van der Waals surface area contributed by atoms with Gasteiger partial charge in [-0.1, -0.05) is 39.5 Å². The van der Waals surface area contributed by atoms with Crippen LogP contribution in [0.3, 0.4) is 0 Å². The van der Waals surface area contributed by atoms with Crippen LogP contribution >= 0.6 is 0 Å². The number of benzene rings is 1. The fraction of sp³-hybridized carbons (Fsp3) is 0.652. The Kier molecular flexibility index (Phi) is 11.5. The second-order valence-corrected chi connectivity index (χ2v) is 7.50. The first-order chi connectivity index (χ1) is 13.4. The molecule has 0 saturated heterocycles. The van der Waals surface area contributed by atoms with E-state index in [-0.39, 0.29) is 29.9 Å². The molecular weight excluding hydrogens is 356 g/mol. The first-order valence-electron chi connectivity index (χ1n) is 10.6. The van der Waals surface area contributed by atoms with Crippen molar-refractivity contribution in [2.75, 3.05) is 0 Å². The maximum atomic E-state index is 12.5. The Morgan fingerprint density at radius 3 is 1.61 bits per heavy atom. The molecule has 0 saturated carbocycles. The van der Waals surface area contributed by atoms with Gasteiger partial charge in [-0.3, -0.25) is 0 Å². The van der Waals surface area contributed by atoms with Crippen molar-refractivity contribution in [3.63, 3.8) is 0 Å². The molecule has 28 heavy (non-hydrogen) atoms. The van der Waals surface area contributed by atoms with E-state index in [9.17, 15) is 14.7 Å². The minimum Gasteiger partial charge on any atom is -0.459 e. The van der Waals surface area contributed by atoms with E-state index < -0.39 is 11.9 Å². The van der Waals surface area contributed by atoms with Crippen molar-refractivity contribution in [2.24, 2.45) is 0 Å². The van der Waals surface area contributed by atoms with E-state index in [1.54, 1.807) is 12.1 Å². The molecule has 1 rings (SSSR count). The van der Waals surface area contributed by atoms with Crippen LogP contribution in [-0.4, -0.2) is 29.3 Å². The number of carbonyl (C=O) groups excluding carboxylic acids is 2. The quantitative estimate of drug-likeness (QED) is 0.358. The molecule has 0 bridgehead atoms. The van der Waals surface area contributed by atoms with E-state index >= 15 is 0 Å². The van der Waals surface area contributed by atoms with Crippen molar-refractivity contribution in [1.29, 1.82) is 0 Å². The van der Waals surface area contributed by atoms with Gasteiger partial charge in [0, 0.05) is 0 Å². The van der Waals surface area contributed by atoms with E-state index in [1.165, 1.54) is 6.07 Å². The maximum Gasteiger partial charge on any atom is 0.338 e. The molecular formula is C23H36O5. The predicted molar refractivity (Wildman–Crippen MR) is 110 cm³/mol. The Balaban J connectivity index is 2.78. The number of aliphatic hydroxyl groups excluding tert-OH is 1. The van der Waals surface area contributed by atoms with Gasteiger partial charge in [0.2, 0.25) is 0 Å². The van der Waals surface area contributed by atoms with Gasteiger partial charge in [0.15, 0.2) is 0 Å². The molecule has 0 aliphatic rings. The summed E-state index contributed by atoms with van der Waals surface area (Å²) in [5.41, 5.74) is 1.01. The van der Waals surface area contributed by atoms with Crippen molar-refractivity contribution in [3.8, 4) is 0 Å². The summed E-state index contributed by atoms with van der Waals surface area (Å²) < 4.78 is 11.0. The second kappa shape index (κ2) is 13.3. The summed E-state index contributed by atoms with van der Waals surface area (Å²) in [6, 6.07) is 4.60. The van der Waals surface area contributed by atoms with Crippen LogP contribution in [0.1, 0.15) is 105 Å². The summed E-state index contributed by atoms with van der Waals surface area (Å²) in [4.78, 5) is 24.9. The molecule has 0 spiro atoms. The Morgan fingerprint density at radius 2 is 1.25 bits per heavy atom. The van der Waals surface area contributed by atoms with E-state index in [0.717, 1.165) is 51.4 Å². The molecule has 0 radical (unpaired) electrons. The van der Waals surface area contributed by atoms with Crippen LogP contribution in [0.2, 0.25) is 0 Å². The third-order valence-electron chi connectivity index (χ3n) is 4.69. The Labute approximate surface area is 169 Å². The van der Waals surface area contributed by atoms with Crippen LogP contribution in [0.5, 0.6) is 0 Å². The predicted octanol–water partition coefficient (Wildman–Crippen LogP) is 5.43. The van der Waals surface area contributed by atoms with E-state index in [1.807, 2.05) is 13.8 Å². The fourth-order valence-corrected chi connectivity index (χ4v) is 3.00. The van der Waals surface area contributed by atoms with Crippen LogP contribution in [0.4, 0.5) is 0 Å². The highest BCUT2D eigenvalue weighted by molar-refractivity contribution is 5.95. The average molecular weight is 393 g/mol. The SMILES string of the molecule is CCCCCC(C)OC(=O)c1cc(CO)cc(C(=O)OC(C)CCCCC)c1. The molecule has 0 aromatic heterocycles. The molecule has 1 aromatic rings. The van der Waals surface area contributed by atoms with Crippen LogP contribution < -0.4 is 0 Å². The number of esters is 2. The number of hydrogen-bond acceptors (Lipinski definition) is 5. The molecule has 5 heteroatoms. The van der Waals surface area contributed by atoms with Crippen molar-refractivity contribution >= 4 is 11.9 Å². The fourth-order valence-electron chi connectivity index (χ4n) is 3.00. The summed E-state index contributed by atoms with van der Waals surface area (Å²) in [5.74, 6) is -0.964. The normalized spacial score (nSPS) is 13.0. The summed E-state index contributed by atoms with van der Waals surface area (Å²) >= 11 is 0. The standard InChI is InChI=1S/C23H36O5/c1-5-7-9-11-17(3)27-22(25)20-13-19(16-24)14-21(15-20)23(26)28-18(4)12-10-8-6-2/h13-15,17-18,24H,5-12,16H2,1-4H3. The Morgan fingerprint density at radius 1 is 0.821 bits per heavy atom. The monoisotopic (exact) mass is 392 g/mol. The molecule has 0 amide bonds. The molecule has 2 unspecified atom stereocenters. The number of ether oxygens (including phenoxy) is 2. The Bertz CT molecular complexity index is 563.